The van der Waals surface area contributed by atoms with E-state index in [0.29, 0.717) is 13.0 Å². The van der Waals surface area contributed by atoms with Crippen molar-refractivity contribution in [2.24, 2.45) is 5.92 Å². The lowest BCUT2D eigenvalue weighted by Gasteiger charge is -2.20. The molecular weight excluding hydrogens is 258 g/mol. The van der Waals surface area contributed by atoms with Crippen LogP contribution in [0.4, 0.5) is 4.79 Å². The Bertz CT molecular complexity index is 317. The molecule has 1 saturated heterocycles. The number of nitrogens with one attached hydrogen (secondary N) is 2. The molecule has 0 aromatic carbocycles. The van der Waals surface area contributed by atoms with Crippen molar-refractivity contribution in [3.8, 4) is 0 Å². The maximum atomic E-state index is 11.7. The van der Waals surface area contributed by atoms with Crippen molar-refractivity contribution in [3.63, 3.8) is 0 Å². The van der Waals surface area contributed by atoms with Crippen LogP contribution in [0.2, 0.25) is 0 Å². The van der Waals surface area contributed by atoms with Crippen molar-refractivity contribution in [2.45, 2.75) is 45.6 Å². The molecule has 20 heavy (non-hydrogen) atoms. The van der Waals surface area contributed by atoms with Crippen LogP contribution in [0.5, 0.6) is 0 Å². The number of likely N-dealkylation sites (tertiary alicyclic amines) is 1. The SMILES string of the molecule is CCC(C)C(NC(=O)NCCCN1CCCC1)C(=O)O. The molecule has 0 bridgehead atoms. The van der Waals surface area contributed by atoms with Gasteiger partial charge in [-0.3, -0.25) is 0 Å². The maximum absolute atomic E-state index is 11.7. The molecular formula is C14H27N3O3. The van der Waals surface area contributed by atoms with Crippen LogP contribution in [-0.2, 0) is 4.79 Å². The van der Waals surface area contributed by atoms with Crippen molar-refractivity contribution in [2.75, 3.05) is 26.2 Å². The molecule has 0 radical (unpaired) electrons. The van der Waals surface area contributed by atoms with Gasteiger partial charge >= 0.3 is 12.0 Å². The largest absolute Gasteiger partial charge is 0.480 e. The highest BCUT2D eigenvalue weighted by molar-refractivity contribution is 5.82. The molecule has 116 valence electrons. The second-order valence-corrected chi connectivity index (χ2v) is 5.50. The molecule has 6 heteroatoms. The summed E-state index contributed by atoms with van der Waals surface area (Å²) in [5, 5.41) is 14.4. The number of urea groups is 1. The van der Waals surface area contributed by atoms with Crippen molar-refractivity contribution in [1.29, 1.82) is 0 Å². The van der Waals surface area contributed by atoms with Gasteiger partial charge in [-0.2, -0.15) is 0 Å². The summed E-state index contributed by atoms with van der Waals surface area (Å²) in [5.74, 6) is -1.06. The van der Waals surface area contributed by atoms with Gasteiger partial charge in [-0.05, 0) is 44.8 Å². The lowest BCUT2D eigenvalue weighted by atomic mass is 9.99. The van der Waals surface area contributed by atoms with Crippen LogP contribution in [0.3, 0.4) is 0 Å². The Morgan fingerprint density at radius 2 is 1.95 bits per heavy atom. The van der Waals surface area contributed by atoms with E-state index in [2.05, 4.69) is 15.5 Å². The quantitative estimate of drug-likeness (QED) is 0.587. The summed E-state index contributed by atoms with van der Waals surface area (Å²) in [4.78, 5) is 25.2. The minimum absolute atomic E-state index is 0.0807. The van der Waals surface area contributed by atoms with Gasteiger partial charge in [-0.25, -0.2) is 9.59 Å². The highest BCUT2D eigenvalue weighted by Gasteiger charge is 2.25. The smallest absolute Gasteiger partial charge is 0.326 e. The highest BCUT2D eigenvalue weighted by atomic mass is 16.4. The third-order valence-electron chi connectivity index (χ3n) is 3.90. The summed E-state index contributed by atoms with van der Waals surface area (Å²) < 4.78 is 0. The predicted molar refractivity (Wildman–Crippen MR) is 77.7 cm³/mol. The summed E-state index contributed by atoms with van der Waals surface area (Å²) >= 11 is 0. The normalized spacial score (nSPS) is 18.5. The fourth-order valence-electron chi connectivity index (χ4n) is 2.39. The number of carboxylic acid groups (broad SMARTS) is 1. The van der Waals surface area contributed by atoms with E-state index in [0.717, 1.165) is 26.1 Å². The number of carbonyl (C=O) groups excluding carboxylic acids is 1. The molecule has 2 unspecified atom stereocenters. The average molecular weight is 285 g/mol. The Hall–Kier alpha value is -1.30. The molecule has 0 aliphatic carbocycles. The molecule has 0 spiro atoms. The maximum Gasteiger partial charge on any atom is 0.326 e. The fourth-order valence-corrected chi connectivity index (χ4v) is 2.39. The molecule has 0 aromatic heterocycles. The van der Waals surface area contributed by atoms with Gasteiger partial charge in [0, 0.05) is 6.54 Å². The number of carboxylic acids is 1. The molecule has 0 saturated carbocycles. The van der Waals surface area contributed by atoms with Gasteiger partial charge in [-0.15, -0.1) is 0 Å². The molecule has 1 fully saturated rings. The summed E-state index contributed by atoms with van der Waals surface area (Å²) in [7, 11) is 0. The van der Waals surface area contributed by atoms with Gasteiger partial charge in [0.25, 0.3) is 0 Å². The molecule has 3 N–H and O–H groups in total. The van der Waals surface area contributed by atoms with Crippen molar-refractivity contribution in [1.82, 2.24) is 15.5 Å². The van der Waals surface area contributed by atoms with E-state index in [1.165, 1.54) is 12.8 Å². The second kappa shape index (κ2) is 8.79. The molecule has 6 nitrogen and oxygen atoms in total. The predicted octanol–water partition coefficient (Wildman–Crippen LogP) is 1.27. The van der Waals surface area contributed by atoms with Gasteiger partial charge in [0.2, 0.25) is 0 Å². The first-order valence-corrected chi connectivity index (χ1v) is 7.54. The van der Waals surface area contributed by atoms with Crippen LogP contribution in [0, 0.1) is 5.92 Å². The number of amides is 2. The minimum Gasteiger partial charge on any atom is -0.480 e. The van der Waals surface area contributed by atoms with Crippen molar-refractivity contribution in [3.05, 3.63) is 0 Å². The number of aliphatic carboxylic acids is 1. The first kappa shape index (κ1) is 16.8. The zero-order chi connectivity index (χ0) is 15.0. The number of hydrogen-bond donors (Lipinski definition) is 3. The Morgan fingerprint density at radius 3 is 2.50 bits per heavy atom. The van der Waals surface area contributed by atoms with E-state index in [4.69, 9.17) is 5.11 Å². The van der Waals surface area contributed by atoms with Crippen LogP contribution in [0.15, 0.2) is 0 Å². The molecule has 1 heterocycles. The summed E-state index contributed by atoms with van der Waals surface area (Å²) in [6.07, 6.45) is 4.15. The molecule has 0 aromatic rings. The first-order chi connectivity index (χ1) is 9.54. The molecule has 1 rings (SSSR count). The van der Waals surface area contributed by atoms with Gasteiger partial charge in [-0.1, -0.05) is 20.3 Å². The zero-order valence-corrected chi connectivity index (χ0v) is 12.5. The van der Waals surface area contributed by atoms with Crippen LogP contribution in [0.1, 0.15) is 39.5 Å². The zero-order valence-electron chi connectivity index (χ0n) is 12.5. The van der Waals surface area contributed by atoms with E-state index in [9.17, 15) is 9.59 Å². The molecule has 1 aliphatic rings. The number of carbonyl (C=O) groups is 2. The summed E-state index contributed by atoms with van der Waals surface area (Å²) in [6.45, 7) is 7.62. The Kier molecular flexibility index (Phi) is 7.36. The lowest BCUT2D eigenvalue weighted by molar-refractivity contribution is -0.140. The molecule has 2 amide bonds. The van der Waals surface area contributed by atoms with Crippen molar-refractivity contribution < 1.29 is 14.7 Å². The van der Waals surface area contributed by atoms with Crippen LogP contribution in [0.25, 0.3) is 0 Å². The molecule has 2 atom stereocenters. The van der Waals surface area contributed by atoms with E-state index in [-0.39, 0.29) is 11.9 Å². The summed E-state index contributed by atoms with van der Waals surface area (Å²) in [6, 6.07) is -1.21. The average Bonchev–Trinajstić information content (AvgIpc) is 2.93. The van der Waals surface area contributed by atoms with Gasteiger partial charge in [0.15, 0.2) is 0 Å². The summed E-state index contributed by atoms with van der Waals surface area (Å²) in [5.41, 5.74) is 0. The Morgan fingerprint density at radius 1 is 1.30 bits per heavy atom. The number of nitrogens with zero attached hydrogens (tertiary/aromatic N) is 1. The van der Waals surface area contributed by atoms with Gasteiger partial charge in [0.05, 0.1) is 0 Å². The highest BCUT2D eigenvalue weighted by Crippen LogP contribution is 2.08. The molecule has 1 aliphatic heterocycles. The van der Waals surface area contributed by atoms with E-state index in [1.54, 1.807) is 0 Å². The van der Waals surface area contributed by atoms with Gasteiger partial charge < -0.3 is 20.6 Å². The van der Waals surface area contributed by atoms with E-state index < -0.39 is 12.0 Å². The van der Waals surface area contributed by atoms with Gasteiger partial charge in [0.1, 0.15) is 6.04 Å². The minimum atomic E-state index is -0.980. The first-order valence-electron chi connectivity index (χ1n) is 7.54. The third kappa shape index (κ3) is 5.77. The van der Waals surface area contributed by atoms with Crippen LogP contribution < -0.4 is 10.6 Å². The van der Waals surface area contributed by atoms with E-state index in [1.807, 2.05) is 13.8 Å². The fraction of sp³-hybridized carbons (Fsp3) is 0.857. The number of hydrogen-bond acceptors (Lipinski definition) is 3. The Labute approximate surface area is 120 Å². The second-order valence-electron chi connectivity index (χ2n) is 5.50. The van der Waals surface area contributed by atoms with E-state index >= 15 is 0 Å². The topological polar surface area (TPSA) is 81.7 Å². The number of rotatable bonds is 8. The third-order valence-corrected chi connectivity index (χ3v) is 3.90. The monoisotopic (exact) mass is 285 g/mol. The van der Waals surface area contributed by atoms with Crippen LogP contribution >= 0.6 is 0 Å². The van der Waals surface area contributed by atoms with Crippen molar-refractivity contribution >= 4 is 12.0 Å². The van der Waals surface area contributed by atoms with Crippen LogP contribution in [-0.4, -0.2) is 54.2 Å². The lowest BCUT2D eigenvalue weighted by Crippen LogP contribution is -2.49. The standard InChI is InChI=1S/C14H27N3O3/c1-3-11(2)12(13(18)19)16-14(20)15-7-6-10-17-8-4-5-9-17/h11-12H,3-10H2,1-2H3,(H,18,19)(H2,15,16,20). The Balaban J connectivity index is 2.18.